The van der Waals surface area contributed by atoms with Gasteiger partial charge in [-0.15, -0.1) is 0 Å². The minimum absolute atomic E-state index is 0.429. The summed E-state index contributed by atoms with van der Waals surface area (Å²) in [6, 6.07) is -0.698. The zero-order valence-corrected chi connectivity index (χ0v) is 20.1. The van der Waals surface area contributed by atoms with Crippen LogP contribution in [0, 0.1) is 22.7 Å². The summed E-state index contributed by atoms with van der Waals surface area (Å²) < 4.78 is 202. The van der Waals surface area contributed by atoms with Crippen molar-refractivity contribution in [2.75, 3.05) is 0 Å². The topological polar surface area (TPSA) is 106 Å². The lowest BCUT2D eigenvalue weighted by atomic mass is 9.93. The molecular formula is C23H4F15N4O2-. The summed E-state index contributed by atoms with van der Waals surface area (Å²) in [5.74, 6) is -5.09. The van der Waals surface area contributed by atoms with Crippen LogP contribution in [0.4, 0.5) is 65.9 Å². The number of aromatic nitrogens is 2. The van der Waals surface area contributed by atoms with Crippen molar-refractivity contribution in [3.8, 4) is 23.7 Å². The Kier molecular flexibility index (Phi) is 7.89. The molecule has 0 aliphatic carbocycles. The van der Waals surface area contributed by atoms with E-state index in [1.165, 1.54) is 0 Å². The quantitative estimate of drug-likeness (QED) is 0.223. The van der Waals surface area contributed by atoms with E-state index in [-0.39, 0.29) is 0 Å². The molecule has 1 heterocycles. The first-order chi connectivity index (χ1) is 19.7. The number of carbonyl (C=O) groups is 1. The van der Waals surface area contributed by atoms with Crippen LogP contribution in [0.25, 0.3) is 5.69 Å². The normalized spacial score (nSPS) is 13.0. The van der Waals surface area contributed by atoms with E-state index in [1.807, 2.05) is 0 Å². The lowest BCUT2D eigenvalue weighted by Gasteiger charge is -2.19. The van der Waals surface area contributed by atoms with Gasteiger partial charge in [0.25, 0.3) is 0 Å². The van der Waals surface area contributed by atoms with Crippen LogP contribution >= 0.6 is 0 Å². The first-order valence-corrected chi connectivity index (χ1v) is 10.6. The monoisotopic (exact) mass is 653 g/mol. The third kappa shape index (κ3) is 6.07. The molecule has 6 nitrogen and oxygen atoms in total. The van der Waals surface area contributed by atoms with Gasteiger partial charge in [-0.05, 0) is 24.3 Å². The van der Waals surface area contributed by atoms with Crippen molar-refractivity contribution in [3.05, 3.63) is 74.5 Å². The number of nitrogens with zero attached hydrogens (tertiary/aromatic N) is 4. The van der Waals surface area contributed by atoms with Crippen LogP contribution in [-0.4, -0.2) is 15.6 Å². The Balaban J connectivity index is 2.47. The molecule has 2 aromatic carbocycles. The number of rotatable bonds is 3. The summed E-state index contributed by atoms with van der Waals surface area (Å²) in [5, 5.41) is 33.1. The molecule has 0 saturated carbocycles. The highest BCUT2D eigenvalue weighted by Crippen LogP contribution is 2.44. The van der Waals surface area contributed by atoms with Crippen molar-refractivity contribution in [3.63, 3.8) is 0 Å². The third-order valence-electron chi connectivity index (χ3n) is 5.55. The van der Waals surface area contributed by atoms with Gasteiger partial charge in [-0.1, -0.05) is 0 Å². The molecule has 0 amide bonds. The van der Waals surface area contributed by atoms with Crippen LogP contribution in [-0.2, 0) is 30.9 Å². The lowest BCUT2D eigenvalue weighted by Crippen LogP contribution is -2.19. The minimum Gasteiger partial charge on any atom is -0.858 e. The fraction of sp³-hybridized carbons (Fsp3) is 0.217. The number of carbonyl (C=O) groups excluding carboxylic acids is 1. The minimum atomic E-state index is -6.01. The highest BCUT2D eigenvalue weighted by molar-refractivity contribution is 6.11. The van der Waals surface area contributed by atoms with Crippen molar-refractivity contribution in [1.29, 1.82) is 10.5 Å². The Morgan fingerprint density at radius 2 is 0.977 bits per heavy atom. The highest BCUT2D eigenvalue weighted by atomic mass is 19.4. The second kappa shape index (κ2) is 10.3. The molecule has 1 aromatic heterocycles. The van der Waals surface area contributed by atoms with E-state index in [9.17, 15) is 75.8 Å². The molecule has 0 fully saturated rings. The molecule has 0 aliphatic rings. The largest absolute Gasteiger partial charge is 0.858 e. The van der Waals surface area contributed by atoms with Gasteiger partial charge >= 0.3 is 30.9 Å². The second-order valence-corrected chi connectivity index (χ2v) is 8.34. The van der Waals surface area contributed by atoms with Crippen molar-refractivity contribution in [2.45, 2.75) is 30.9 Å². The maximum atomic E-state index is 13.8. The number of nitriles is 2. The van der Waals surface area contributed by atoms with Gasteiger partial charge in [0.2, 0.25) is 0 Å². The van der Waals surface area contributed by atoms with E-state index in [0.29, 0.717) is 12.1 Å². The number of ketones is 1. The first-order valence-electron chi connectivity index (χ1n) is 10.6. The van der Waals surface area contributed by atoms with Crippen LogP contribution in [0.2, 0.25) is 0 Å². The fourth-order valence-electron chi connectivity index (χ4n) is 3.78. The van der Waals surface area contributed by atoms with Crippen LogP contribution in [0.15, 0.2) is 24.3 Å². The molecule has 234 valence electrons. The molecular weight excluding hydrogens is 649 g/mol. The summed E-state index contributed by atoms with van der Waals surface area (Å²) in [5.41, 5.74) is -22.9. The number of halogens is 15. The molecule has 3 rings (SSSR count). The van der Waals surface area contributed by atoms with Gasteiger partial charge in [-0.25, -0.2) is 4.68 Å². The summed E-state index contributed by atoms with van der Waals surface area (Å²) in [6.45, 7) is 0. The molecule has 21 heteroatoms. The van der Waals surface area contributed by atoms with Gasteiger partial charge in [0.15, 0.2) is 11.5 Å². The molecule has 0 N–H and O–H groups in total. The van der Waals surface area contributed by atoms with Crippen LogP contribution < -0.4 is 5.11 Å². The Hall–Kier alpha value is -4.95. The van der Waals surface area contributed by atoms with Gasteiger partial charge in [0, 0.05) is 11.4 Å². The molecule has 0 radical (unpaired) electrons. The number of alkyl halides is 15. The average molecular weight is 653 g/mol. The van der Waals surface area contributed by atoms with E-state index in [4.69, 9.17) is 10.5 Å². The smallest absolute Gasteiger partial charge is 0.435 e. The fourth-order valence-corrected chi connectivity index (χ4v) is 3.78. The van der Waals surface area contributed by atoms with Gasteiger partial charge < -0.3 is 5.11 Å². The summed E-state index contributed by atoms with van der Waals surface area (Å²) in [7, 11) is 0. The molecule has 0 aliphatic heterocycles. The lowest BCUT2D eigenvalue weighted by molar-refractivity contribution is -0.278. The molecule has 0 atom stereocenters. The van der Waals surface area contributed by atoms with Crippen molar-refractivity contribution in [2.24, 2.45) is 0 Å². The molecule has 0 unspecified atom stereocenters. The number of hydrogen-bond acceptors (Lipinski definition) is 5. The Morgan fingerprint density at radius 1 is 0.636 bits per heavy atom. The molecule has 0 spiro atoms. The standard InChI is InChI=1S/C23H5F15N4O2/c24-19(25,26)11-1-7(2-12(9(11)5-39)20(27,28)29)16(43)15-17(23(36,37)38)41-42(18(15)44)8-3-13(21(30,31)32)10(6-40)14(4-8)22(33,34)35/h1-4,44H/p-1. The molecule has 3 aromatic rings. The predicted molar refractivity (Wildman–Crippen MR) is 107 cm³/mol. The highest BCUT2D eigenvalue weighted by Gasteiger charge is 2.46. The van der Waals surface area contributed by atoms with Crippen LogP contribution in [0.5, 0.6) is 5.88 Å². The molecule has 44 heavy (non-hydrogen) atoms. The van der Waals surface area contributed by atoms with Gasteiger partial charge in [-0.3, -0.25) is 4.79 Å². The predicted octanol–water partition coefficient (Wildman–Crippen LogP) is 7.01. The van der Waals surface area contributed by atoms with Crippen molar-refractivity contribution >= 4 is 5.78 Å². The zero-order valence-electron chi connectivity index (χ0n) is 20.1. The van der Waals surface area contributed by atoms with Gasteiger partial charge in [0.05, 0.1) is 44.6 Å². The van der Waals surface area contributed by atoms with Gasteiger partial charge in [0.1, 0.15) is 12.1 Å². The van der Waals surface area contributed by atoms with Crippen molar-refractivity contribution < 1.29 is 75.8 Å². The van der Waals surface area contributed by atoms with E-state index < -0.39 is 127 Å². The van der Waals surface area contributed by atoms with Gasteiger partial charge in [-0.2, -0.15) is 81.5 Å². The van der Waals surface area contributed by atoms with Crippen molar-refractivity contribution in [1.82, 2.24) is 9.78 Å². The second-order valence-electron chi connectivity index (χ2n) is 8.34. The van der Waals surface area contributed by atoms with E-state index in [1.54, 1.807) is 0 Å². The number of hydrogen-bond donors (Lipinski definition) is 0. The average Bonchev–Trinajstić information content (AvgIpc) is 3.21. The first kappa shape index (κ1) is 33.6. The Bertz CT molecular complexity index is 1670. The number of benzene rings is 2. The SMILES string of the molecule is N#Cc1c(C(F)(F)F)cc(C(=O)c2c(C(F)(F)F)nn(-c3cc(C(F)(F)F)c(C#N)c(C(F)(F)F)c3)c2[O-])cc1C(F)(F)F. The van der Waals surface area contributed by atoms with E-state index in [0.717, 1.165) is 0 Å². The van der Waals surface area contributed by atoms with Crippen LogP contribution in [0.3, 0.4) is 0 Å². The van der Waals surface area contributed by atoms with Crippen LogP contribution in [0.1, 0.15) is 55.0 Å². The zero-order chi connectivity index (χ0) is 34.0. The molecule has 0 bridgehead atoms. The summed E-state index contributed by atoms with van der Waals surface area (Å²) >= 11 is 0. The summed E-state index contributed by atoms with van der Waals surface area (Å²) in [6.07, 6.45) is -29.3. The maximum Gasteiger partial charge on any atom is 0.435 e. The van der Waals surface area contributed by atoms with E-state index >= 15 is 0 Å². The maximum absolute atomic E-state index is 13.8. The Morgan fingerprint density at radius 3 is 1.27 bits per heavy atom. The third-order valence-corrected chi connectivity index (χ3v) is 5.55. The molecule has 0 saturated heterocycles. The Labute approximate surface area is 231 Å². The van der Waals surface area contributed by atoms with E-state index in [2.05, 4.69) is 5.10 Å². The summed E-state index contributed by atoms with van der Waals surface area (Å²) in [4.78, 5) is 12.9.